The molecule has 9 heteroatoms. The molecule has 0 saturated carbocycles. The van der Waals surface area contributed by atoms with Crippen molar-refractivity contribution in [3.8, 4) is 16.9 Å². The van der Waals surface area contributed by atoms with Crippen LogP contribution >= 0.6 is 0 Å². The fourth-order valence-corrected chi connectivity index (χ4v) is 1.75. The van der Waals surface area contributed by atoms with Crippen LogP contribution < -0.4 is 0 Å². The zero-order valence-corrected chi connectivity index (χ0v) is 10.2. The van der Waals surface area contributed by atoms with E-state index in [1.54, 1.807) is 0 Å². The van der Waals surface area contributed by atoms with Crippen molar-refractivity contribution in [2.75, 3.05) is 0 Å². The molecule has 2 aromatic rings. The number of benzene rings is 2. The molecular formula is C13H4F8O. The van der Waals surface area contributed by atoms with E-state index in [1.165, 1.54) is 0 Å². The highest BCUT2D eigenvalue weighted by molar-refractivity contribution is 5.72. The minimum absolute atomic E-state index is 0.0909. The lowest BCUT2D eigenvalue weighted by atomic mass is 10.00. The molecule has 118 valence electrons. The van der Waals surface area contributed by atoms with Gasteiger partial charge in [0.1, 0.15) is 5.75 Å². The van der Waals surface area contributed by atoms with E-state index < -0.39 is 57.7 Å². The Bertz CT molecular complexity index is 722. The lowest BCUT2D eigenvalue weighted by Crippen LogP contribution is -2.07. The average Bonchev–Trinajstić information content (AvgIpc) is 2.44. The molecule has 0 saturated heterocycles. The van der Waals surface area contributed by atoms with Gasteiger partial charge in [0.15, 0.2) is 23.3 Å². The van der Waals surface area contributed by atoms with Gasteiger partial charge in [-0.05, 0) is 18.2 Å². The predicted molar refractivity (Wildman–Crippen MR) is 58.3 cm³/mol. The number of hydrogen-bond acceptors (Lipinski definition) is 1. The van der Waals surface area contributed by atoms with Gasteiger partial charge in [-0.2, -0.15) is 13.2 Å². The molecule has 0 radical (unpaired) electrons. The normalized spacial score (nSPS) is 11.8. The van der Waals surface area contributed by atoms with Crippen molar-refractivity contribution in [1.82, 2.24) is 0 Å². The Hall–Kier alpha value is -2.32. The van der Waals surface area contributed by atoms with Gasteiger partial charge >= 0.3 is 6.18 Å². The summed E-state index contributed by atoms with van der Waals surface area (Å²) in [6.45, 7) is 0. The minimum atomic E-state index is -4.94. The third-order valence-electron chi connectivity index (χ3n) is 2.80. The summed E-state index contributed by atoms with van der Waals surface area (Å²) in [5, 5.41) is 9.41. The first kappa shape index (κ1) is 16.1. The molecule has 0 aliphatic carbocycles. The Balaban J connectivity index is 2.83. The quantitative estimate of drug-likeness (QED) is 0.454. The summed E-state index contributed by atoms with van der Waals surface area (Å²) >= 11 is 0. The molecule has 0 heterocycles. The Morgan fingerprint density at radius 1 is 0.727 bits per heavy atom. The molecule has 0 amide bonds. The predicted octanol–water partition coefficient (Wildman–Crippen LogP) is 4.77. The maximum absolute atomic E-state index is 13.6. The smallest absolute Gasteiger partial charge is 0.416 e. The molecule has 1 nitrogen and oxygen atoms in total. The standard InChI is InChI=1S/C13H4F8O/c14-8-7(9(15)11(17)12(18)10(8)16)5-3-4(13(19,20)21)1-2-6(5)22/h1-3,22H. The number of hydrogen-bond donors (Lipinski definition) is 1. The molecule has 0 atom stereocenters. The van der Waals surface area contributed by atoms with Crippen LogP contribution in [0.2, 0.25) is 0 Å². The second-order valence-electron chi connectivity index (χ2n) is 4.17. The molecule has 0 aromatic heterocycles. The van der Waals surface area contributed by atoms with Crippen LogP contribution in [0.15, 0.2) is 18.2 Å². The van der Waals surface area contributed by atoms with E-state index in [0.29, 0.717) is 12.1 Å². The highest BCUT2D eigenvalue weighted by Crippen LogP contribution is 2.40. The van der Waals surface area contributed by atoms with Crippen LogP contribution in [0.5, 0.6) is 5.75 Å². The van der Waals surface area contributed by atoms with Gasteiger partial charge in [0.05, 0.1) is 11.1 Å². The van der Waals surface area contributed by atoms with Gasteiger partial charge < -0.3 is 5.11 Å². The Labute approximate surface area is 117 Å². The van der Waals surface area contributed by atoms with E-state index in [4.69, 9.17) is 0 Å². The fraction of sp³-hybridized carbons (Fsp3) is 0.0769. The van der Waals surface area contributed by atoms with Crippen LogP contribution in [0.3, 0.4) is 0 Å². The van der Waals surface area contributed by atoms with Gasteiger partial charge in [-0.3, -0.25) is 0 Å². The largest absolute Gasteiger partial charge is 0.507 e. The van der Waals surface area contributed by atoms with Gasteiger partial charge in [-0.1, -0.05) is 0 Å². The first-order valence-electron chi connectivity index (χ1n) is 5.47. The van der Waals surface area contributed by atoms with Gasteiger partial charge in [-0.25, -0.2) is 22.0 Å². The van der Waals surface area contributed by atoms with Crippen molar-refractivity contribution in [1.29, 1.82) is 0 Å². The maximum atomic E-state index is 13.6. The molecular weight excluding hydrogens is 324 g/mol. The van der Waals surface area contributed by atoms with Crippen LogP contribution in [0.1, 0.15) is 5.56 Å². The van der Waals surface area contributed by atoms with E-state index >= 15 is 0 Å². The summed E-state index contributed by atoms with van der Waals surface area (Å²) in [4.78, 5) is 0. The van der Waals surface area contributed by atoms with Crippen LogP contribution in [0.4, 0.5) is 35.1 Å². The summed E-state index contributed by atoms with van der Waals surface area (Å²) in [7, 11) is 0. The molecule has 0 aliphatic rings. The van der Waals surface area contributed by atoms with Gasteiger partial charge in [0.25, 0.3) is 0 Å². The van der Waals surface area contributed by atoms with Crippen molar-refractivity contribution < 1.29 is 40.2 Å². The number of alkyl halides is 3. The number of halogens is 8. The molecule has 2 aromatic carbocycles. The number of phenolic OH excluding ortho intramolecular Hbond substituents is 1. The van der Waals surface area contributed by atoms with Gasteiger partial charge in [-0.15, -0.1) is 0 Å². The topological polar surface area (TPSA) is 20.2 Å². The molecule has 0 unspecified atom stereocenters. The van der Waals surface area contributed by atoms with E-state index in [2.05, 4.69) is 0 Å². The third-order valence-corrected chi connectivity index (χ3v) is 2.80. The zero-order chi connectivity index (χ0) is 16.8. The Morgan fingerprint density at radius 2 is 1.18 bits per heavy atom. The lowest BCUT2D eigenvalue weighted by Gasteiger charge is -2.13. The van der Waals surface area contributed by atoms with E-state index in [1.807, 2.05) is 0 Å². The monoisotopic (exact) mass is 328 g/mol. The van der Waals surface area contributed by atoms with E-state index in [9.17, 15) is 40.2 Å². The van der Waals surface area contributed by atoms with Crippen LogP contribution in [-0.2, 0) is 6.18 Å². The highest BCUT2D eigenvalue weighted by Gasteiger charge is 2.33. The molecule has 22 heavy (non-hydrogen) atoms. The van der Waals surface area contributed by atoms with Crippen molar-refractivity contribution in [2.45, 2.75) is 6.18 Å². The van der Waals surface area contributed by atoms with Crippen molar-refractivity contribution >= 4 is 0 Å². The van der Waals surface area contributed by atoms with Crippen molar-refractivity contribution in [2.24, 2.45) is 0 Å². The first-order chi connectivity index (χ1) is 10.1. The highest BCUT2D eigenvalue weighted by atomic mass is 19.4. The number of aromatic hydroxyl groups is 1. The second kappa shape index (κ2) is 5.15. The second-order valence-corrected chi connectivity index (χ2v) is 4.17. The third kappa shape index (κ3) is 2.46. The minimum Gasteiger partial charge on any atom is -0.507 e. The number of rotatable bonds is 1. The van der Waals surface area contributed by atoms with E-state index in [-0.39, 0.29) is 6.07 Å². The maximum Gasteiger partial charge on any atom is 0.416 e. The van der Waals surface area contributed by atoms with Crippen LogP contribution in [0.25, 0.3) is 11.1 Å². The van der Waals surface area contributed by atoms with Crippen molar-refractivity contribution in [3.05, 3.63) is 52.8 Å². The summed E-state index contributed by atoms with van der Waals surface area (Å²) < 4.78 is 104. The van der Waals surface area contributed by atoms with E-state index in [0.717, 1.165) is 0 Å². The van der Waals surface area contributed by atoms with Crippen molar-refractivity contribution in [3.63, 3.8) is 0 Å². The first-order valence-corrected chi connectivity index (χ1v) is 5.47. The molecule has 0 aliphatic heterocycles. The summed E-state index contributed by atoms with van der Waals surface area (Å²) in [5.74, 6) is -12.9. The molecule has 0 fully saturated rings. The fourth-order valence-electron chi connectivity index (χ4n) is 1.75. The summed E-state index contributed by atoms with van der Waals surface area (Å²) in [6.07, 6.45) is -4.94. The average molecular weight is 328 g/mol. The molecule has 2 rings (SSSR count). The Morgan fingerprint density at radius 3 is 1.64 bits per heavy atom. The molecule has 0 bridgehead atoms. The number of phenols is 1. The molecule has 1 N–H and O–H groups in total. The van der Waals surface area contributed by atoms with Gasteiger partial charge in [0.2, 0.25) is 5.82 Å². The zero-order valence-electron chi connectivity index (χ0n) is 10.2. The van der Waals surface area contributed by atoms with Crippen LogP contribution in [-0.4, -0.2) is 5.11 Å². The lowest BCUT2D eigenvalue weighted by molar-refractivity contribution is -0.137. The Kier molecular flexibility index (Phi) is 3.76. The summed E-state index contributed by atoms with van der Waals surface area (Å²) in [6, 6.07) is 0.925. The summed E-state index contributed by atoms with van der Waals surface area (Å²) in [5.41, 5.74) is -4.23. The SMILES string of the molecule is Oc1ccc(C(F)(F)F)cc1-c1c(F)c(F)c(F)c(F)c1F. The van der Waals surface area contributed by atoms with Gasteiger partial charge in [0, 0.05) is 5.56 Å². The van der Waals surface area contributed by atoms with Crippen LogP contribution in [0, 0.1) is 29.1 Å². The molecule has 0 spiro atoms.